The molecule has 0 atom stereocenters. The van der Waals surface area contributed by atoms with Crippen LogP contribution in [0, 0.1) is 19.8 Å². The van der Waals surface area contributed by atoms with Crippen LogP contribution in [0.1, 0.15) is 24.0 Å². The van der Waals surface area contributed by atoms with Crippen molar-refractivity contribution in [1.29, 1.82) is 0 Å². The van der Waals surface area contributed by atoms with Crippen molar-refractivity contribution in [2.24, 2.45) is 5.92 Å². The first-order valence-electron chi connectivity index (χ1n) is 8.30. The Labute approximate surface area is 146 Å². The maximum absolute atomic E-state index is 11.8. The minimum Gasteiger partial charge on any atom is -0.439 e. The zero-order valence-electron chi connectivity index (χ0n) is 14.3. The monoisotopic (exact) mass is 339 g/mol. The summed E-state index contributed by atoms with van der Waals surface area (Å²) in [4.78, 5) is 27.5. The predicted molar refractivity (Wildman–Crippen MR) is 94.6 cm³/mol. The highest BCUT2D eigenvalue weighted by Crippen LogP contribution is 2.28. The van der Waals surface area contributed by atoms with Crippen molar-refractivity contribution < 1.29 is 14.3 Å². The van der Waals surface area contributed by atoms with Crippen LogP contribution in [-0.2, 0) is 9.59 Å². The third kappa shape index (κ3) is 4.79. The largest absolute Gasteiger partial charge is 0.439 e. The molecule has 1 aliphatic carbocycles. The fourth-order valence-corrected chi connectivity index (χ4v) is 2.28. The van der Waals surface area contributed by atoms with Gasteiger partial charge in [0.05, 0.1) is 18.4 Å². The van der Waals surface area contributed by atoms with Crippen molar-refractivity contribution in [1.82, 2.24) is 10.3 Å². The lowest BCUT2D eigenvalue weighted by molar-refractivity contribution is -0.125. The molecule has 6 nitrogen and oxygen atoms in total. The Hall–Kier alpha value is -2.89. The Bertz CT molecular complexity index is 783. The van der Waals surface area contributed by atoms with Crippen LogP contribution in [0.25, 0.3) is 0 Å². The number of rotatable bonds is 6. The number of amides is 2. The maximum atomic E-state index is 11.8. The third-order valence-corrected chi connectivity index (χ3v) is 4.09. The Morgan fingerprint density at radius 1 is 1.16 bits per heavy atom. The lowest BCUT2D eigenvalue weighted by Gasteiger charge is -2.09. The summed E-state index contributed by atoms with van der Waals surface area (Å²) in [6.45, 7) is 4.04. The first kappa shape index (κ1) is 17.0. The minimum atomic E-state index is -0.279. The summed E-state index contributed by atoms with van der Waals surface area (Å²) in [7, 11) is 0. The van der Waals surface area contributed by atoms with Crippen molar-refractivity contribution in [3.8, 4) is 11.6 Å². The van der Waals surface area contributed by atoms with E-state index in [-0.39, 0.29) is 24.3 Å². The fraction of sp³-hybridized carbons (Fsp3) is 0.316. The molecule has 3 rings (SSSR count). The average Bonchev–Trinajstić information content (AvgIpc) is 3.43. The van der Waals surface area contributed by atoms with Crippen molar-refractivity contribution >= 4 is 17.5 Å². The summed E-state index contributed by atoms with van der Waals surface area (Å²) in [6.07, 6.45) is 3.36. The van der Waals surface area contributed by atoms with Gasteiger partial charge in [0.25, 0.3) is 0 Å². The molecule has 0 saturated heterocycles. The van der Waals surface area contributed by atoms with Gasteiger partial charge in [0.2, 0.25) is 17.7 Å². The van der Waals surface area contributed by atoms with E-state index in [1.165, 1.54) is 11.8 Å². The average molecular weight is 339 g/mol. The lowest BCUT2D eigenvalue weighted by Crippen LogP contribution is -2.33. The quantitative estimate of drug-likeness (QED) is 0.848. The number of aromatic nitrogens is 1. The Morgan fingerprint density at radius 3 is 2.60 bits per heavy atom. The molecule has 0 aliphatic heterocycles. The number of nitrogens with one attached hydrogen (secondary N) is 2. The summed E-state index contributed by atoms with van der Waals surface area (Å²) in [5.41, 5.74) is 2.90. The molecule has 130 valence electrons. The number of hydrogen-bond acceptors (Lipinski definition) is 4. The van der Waals surface area contributed by atoms with E-state index < -0.39 is 0 Å². The third-order valence-electron chi connectivity index (χ3n) is 4.09. The van der Waals surface area contributed by atoms with Crippen LogP contribution in [0.4, 0.5) is 5.69 Å². The van der Waals surface area contributed by atoms with Gasteiger partial charge in [0, 0.05) is 12.0 Å². The van der Waals surface area contributed by atoms with E-state index in [1.807, 2.05) is 32.0 Å². The smallest absolute Gasteiger partial charge is 0.243 e. The molecular formula is C19H21N3O3. The number of anilines is 1. The van der Waals surface area contributed by atoms with Gasteiger partial charge in [-0.3, -0.25) is 9.59 Å². The first-order valence-corrected chi connectivity index (χ1v) is 8.30. The normalized spacial score (nSPS) is 13.2. The number of hydrogen-bond donors (Lipinski definition) is 2. The van der Waals surface area contributed by atoms with Crippen LogP contribution in [0.3, 0.4) is 0 Å². The molecule has 2 amide bonds. The first-order chi connectivity index (χ1) is 12.0. The van der Waals surface area contributed by atoms with Gasteiger partial charge in [-0.15, -0.1) is 0 Å². The number of carbonyl (C=O) groups is 2. The molecule has 0 unspecified atom stereocenters. The highest BCUT2D eigenvalue weighted by Gasteiger charge is 2.29. The second kappa shape index (κ2) is 7.34. The van der Waals surface area contributed by atoms with Crippen LogP contribution in [-0.4, -0.2) is 23.3 Å². The van der Waals surface area contributed by atoms with E-state index in [0.717, 1.165) is 24.2 Å². The SMILES string of the molecule is Cc1ccc(Oc2ccc(NC(=O)CNC(=O)C3CC3)cn2)cc1C. The minimum absolute atomic E-state index is 0.0315. The maximum Gasteiger partial charge on any atom is 0.243 e. The molecule has 1 aliphatic rings. The zero-order chi connectivity index (χ0) is 17.8. The standard InChI is InChI=1S/C19H21N3O3/c1-12-3-7-16(9-13(12)2)25-18-8-6-15(10-20-18)22-17(23)11-21-19(24)14-4-5-14/h3,6-10,14H,4-5,11H2,1-2H3,(H,21,24)(H,22,23). The summed E-state index contributed by atoms with van der Waals surface area (Å²) in [5.74, 6) is 0.929. The number of benzene rings is 1. The molecule has 25 heavy (non-hydrogen) atoms. The van der Waals surface area contributed by atoms with E-state index in [0.29, 0.717) is 11.6 Å². The Balaban J connectivity index is 1.51. The molecule has 2 aromatic rings. The van der Waals surface area contributed by atoms with Gasteiger partial charge in [-0.05, 0) is 56.0 Å². The van der Waals surface area contributed by atoms with E-state index >= 15 is 0 Å². The molecule has 1 heterocycles. The molecule has 1 saturated carbocycles. The molecule has 1 aromatic carbocycles. The molecule has 2 N–H and O–H groups in total. The molecule has 0 radical (unpaired) electrons. The van der Waals surface area contributed by atoms with E-state index in [4.69, 9.17) is 4.74 Å². The number of carbonyl (C=O) groups excluding carboxylic acids is 2. The Kier molecular flexibility index (Phi) is 4.97. The second-order valence-electron chi connectivity index (χ2n) is 6.27. The molecule has 1 fully saturated rings. The van der Waals surface area contributed by atoms with Gasteiger partial charge >= 0.3 is 0 Å². The summed E-state index contributed by atoms with van der Waals surface area (Å²) in [6, 6.07) is 9.24. The van der Waals surface area contributed by atoms with Crippen LogP contribution >= 0.6 is 0 Å². The number of ether oxygens (including phenoxy) is 1. The predicted octanol–water partition coefficient (Wildman–Crippen LogP) is 2.96. The van der Waals surface area contributed by atoms with Crippen LogP contribution in [0.2, 0.25) is 0 Å². The van der Waals surface area contributed by atoms with Gasteiger partial charge in [-0.1, -0.05) is 6.07 Å². The molecule has 6 heteroatoms. The summed E-state index contributed by atoms with van der Waals surface area (Å²) in [5, 5.41) is 5.31. The highest BCUT2D eigenvalue weighted by molar-refractivity contribution is 5.94. The fourth-order valence-electron chi connectivity index (χ4n) is 2.28. The van der Waals surface area contributed by atoms with Gasteiger partial charge in [0.1, 0.15) is 5.75 Å². The number of aryl methyl sites for hydroxylation is 2. The van der Waals surface area contributed by atoms with E-state index in [9.17, 15) is 9.59 Å². The van der Waals surface area contributed by atoms with Gasteiger partial charge in [-0.2, -0.15) is 0 Å². The second-order valence-corrected chi connectivity index (χ2v) is 6.27. The lowest BCUT2D eigenvalue weighted by atomic mass is 10.1. The molecule has 1 aromatic heterocycles. The number of nitrogens with zero attached hydrogens (tertiary/aromatic N) is 1. The highest BCUT2D eigenvalue weighted by atomic mass is 16.5. The molecule has 0 spiro atoms. The van der Waals surface area contributed by atoms with Gasteiger partial charge < -0.3 is 15.4 Å². The van der Waals surface area contributed by atoms with Crippen LogP contribution < -0.4 is 15.4 Å². The topological polar surface area (TPSA) is 80.3 Å². The van der Waals surface area contributed by atoms with E-state index in [2.05, 4.69) is 15.6 Å². The molecular weight excluding hydrogens is 318 g/mol. The molecule has 0 bridgehead atoms. The summed E-state index contributed by atoms with van der Waals surface area (Å²) < 4.78 is 5.71. The van der Waals surface area contributed by atoms with Crippen molar-refractivity contribution in [2.75, 3.05) is 11.9 Å². The number of pyridine rings is 1. The zero-order valence-corrected chi connectivity index (χ0v) is 14.3. The van der Waals surface area contributed by atoms with Crippen molar-refractivity contribution in [3.63, 3.8) is 0 Å². The van der Waals surface area contributed by atoms with Crippen molar-refractivity contribution in [3.05, 3.63) is 47.7 Å². The van der Waals surface area contributed by atoms with Crippen LogP contribution in [0.5, 0.6) is 11.6 Å². The van der Waals surface area contributed by atoms with Crippen molar-refractivity contribution in [2.45, 2.75) is 26.7 Å². The Morgan fingerprint density at radius 2 is 1.96 bits per heavy atom. The summed E-state index contributed by atoms with van der Waals surface area (Å²) >= 11 is 0. The van der Waals surface area contributed by atoms with Gasteiger partial charge in [-0.25, -0.2) is 4.98 Å². The van der Waals surface area contributed by atoms with E-state index in [1.54, 1.807) is 12.1 Å². The van der Waals surface area contributed by atoms with Gasteiger partial charge in [0.15, 0.2) is 0 Å². The van der Waals surface area contributed by atoms with Crippen LogP contribution in [0.15, 0.2) is 36.5 Å².